The molecular weight excluding hydrogens is 226 g/mol. The van der Waals surface area contributed by atoms with Crippen molar-refractivity contribution < 1.29 is 19.5 Å². The molecule has 96 valence electrons. The van der Waals surface area contributed by atoms with E-state index in [9.17, 15) is 14.4 Å². The summed E-state index contributed by atoms with van der Waals surface area (Å²) in [5, 5.41) is 10.8. The van der Waals surface area contributed by atoms with Crippen LogP contribution in [0.15, 0.2) is 0 Å². The highest BCUT2D eigenvalue weighted by Crippen LogP contribution is 2.25. The molecule has 0 bridgehead atoms. The Balaban J connectivity index is 2.39. The quantitative estimate of drug-likeness (QED) is 0.599. The number of hydrogen-bond donors (Lipinski definition) is 3. The molecule has 7 nitrogen and oxygen atoms in total. The van der Waals surface area contributed by atoms with Gasteiger partial charge in [0.2, 0.25) is 5.91 Å². The van der Waals surface area contributed by atoms with Crippen LogP contribution in [0.4, 0.5) is 4.79 Å². The Hall–Kier alpha value is -1.63. The first kappa shape index (κ1) is 13.4. The Bertz CT molecular complexity index is 338. The van der Waals surface area contributed by atoms with E-state index in [-0.39, 0.29) is 5.92 Å². The first-order chi connectivity index (χ1) is 7.82. The third-order valence-electron chi connectivity index (χ3n) is 3.21. The van der Waals surface area contributed by atoms with Crippen molar-refractivity contribution in [2.45, 2.75) is 19.9 Å². The number of rotatable bonds is 4. The minimum absolute atomic E-state index is 0.0522. The van der Waals surface area contributed by atoms with Crippen molar-refractivity contribution in [1.82, 2.24) is 10.2 Å². The number of nitrogens with zero attached hydrogens (tertiary/aromatic N) is 1. The van der Waals surface area contributed by atoms with Crippen molar-refractivity contribution in [2.75, 3.05) is 13.1 Å². The average Bonchev–Trinajstić information content (AvgIpc) is 2.13. The zero-order valence-electron chi connectivity index (χ0n) is 9.84. The molecule has 0 radical (unpaired) electrons. The number of carbonyl (C=O) groups is 3. The molecule has 17 heavy (non-hydrogen) atoms. The number of imide groups is 1. The summed E-state index contributed by atoms with van der Waals surface area (Å²) in [6.07, 6.45) is 0. The number of hydrogen-bond acceptors (Lipinski definition) is 4. The molecule has 3 amide bonds. The van der Waals surface area contributed by atoms with Gasteiger partial charge in [0.25, 0.3) is 0 Å². The van der Waals surface area contributed by atoms with E-state index < -0.39 is 29.9 Å². The van der Waals surface area contributed by atoms with Crippen LogP contribution >= 0.6 is 0 Å². The van der Waals surface area contributed by atoms with Gasteiger partial charge in [-0.05, 0) is 12.8 Å². The van der Waals surface area contributed by atoms with Crippen LogP contribution in [0, 0.1) is 11.8 Å². The Morgan fingerprint density at radius 2 is 1.88 bits per heavy atom. The molecule has 2 atom stereocenters. The number of primary amides is 1. The van der Waals surface area contributed by atoms with Gasteiger partial charge in [0, 0.05) is 13.1 Å². The maximum absolute atomic E-state index is 11.4. The predicted molar refractivity (Wildman–Crippen MR) is 59.1 cm³/mol. The van der Waals surface area contributed by atoms with Gasteiger partial charge in [0.15, 0.2) is 0 Å². The van der Waals surface area contributed by atoms with Crippen LogP contribution < -0.4 is 11.1 Å². The Labute approximate surface area is 98.9 Å². The number of carbonyl (C=O) groups excluding carboxylic acids is 2. The fourth-order valence-electron chi connectivity index (χ4n) is 1.77. The lowest BCUT2D eigenvalue weighted by molar-refractivity contribution is -0.146. The molecule has 1 heterocycles. The summed E-state index contributed by atoms with van der Waals surface area (Å²) < 4.78 is 0. The SMILES string of the molecule is CC(C(=O)O)C1CN(C(C)C(=O)NC(N)=O)C1. The van der Waals surface area contributed by atoms with Gasteiger partial charge >= 0.3 is 12.0 Å². The van der Waals surface area contributed by atoms with E-state index in [0.29, 0.717) is 13.1 Å². The second-order valence-electron chi connectivity index (χ2n) is 4.37. The lowest BCUT2D eigenvalue weighted by Gasteiger charge is -2.43. The van der Waals surface area contributed by atoms with Gasteiger partial charge in [-0.1, -0.05) is 6.92 Å². The maximum atomic E-state index is 11.4. The second-order valence-corrected chi connectivity index (χ2v) is 4.37. The molecule has 0 aromatic heterocycles. The lowest BCUT2D eigenvalue weighted by Crippen LogP contribution is -2.59. The third kappa shape index (κ3) is 3.16. The van der Waals surface area contributed by atoms with E-state index in [1.807, 2.05) is 10.2 Å². The molecule has 1 fully saturated rings. The van der Waals surface area contributed by atoms with Gasteiger partial charge in [0.1, 0.15) is 0 Å². The smallest absolute Gasteiger partial charge is 0.318 e. The van der Waals surface area contributed by atoms with E-state index in [1.165, 1.54) is 0 Å². The van der Waals surface area contributed by atoms with Gasteiger partial charge in [-0.15, -0.1) is 0 Å². The van der Waals surface area contributed by atoms with Crippen LogP contribution in [0.1, 0.15) is 13.8 Å². The summed E-state index contributed by atoms with van der Waals surface area (Å²) in [5.74, 6) is -1.66. The summed E-state index contributed by atoms with van der Waals surface area (Å²) >= 11 is 0. The maximum Gasteiger partial charge on any atom is 0.318 e. The van der Waals surface area contributed by atoms with Crippen LogP contribution in [0.2, 0.25) is 0 Å². The first-order valence-corrected chi connectivity index (χ1v) is 5.40. The normalized spacial score (nSPS) is 20.1. The second kappa shape index (κ2) is 5.13. The number of carboxylic acid groups (broad SMARTS) is 1. The van der Waals surface area contributed by atoms with Crippen LogP contribution in [0.25, 0.3) is 0 Å². The number of likely N-dealkylation sites (tertiary alicyclic amines) is 1. The predicted octanol–water partition coefficient (Wildman–Crippen LogP) is -0.778. The van der Waals surface area contributed by atoms with Crippen LogP contribution in [-0.2, 0) is 9.59 Å². The Morgan fingerprint density at radius 3 is 2.29 bits per heavy atom. The van der Waals surface area contributed by atoms with Crippen molar-refractivity contribution in [3.8, 4) is 0 Å². The van der Waals surface area contributed by atoms with Crippen molar-refractivity contribution in [3.63, 3.8) is 0 Å². The summed E-state index contributed by atoms with van der Waals surface area (Å²) in [6.45, 7) is 4.39. The molecule has 1 aliphatic heterocycles. The van der Waals surface area contributed by atoms with Crippen LogP contribution in [0.3, 0.4) is 0 Å². The van der Waals surface area contributed by atoms with Crippen molar-refractivity contribution in [1.29, 1.82) is 0 Å². The van der Waals surface area contributed by atoms with Gasteiger partial charge in [-0.2, -0.15) is 0 Å². The summed E-state index contributed by atoms with van der Waals surface area (Å²) in [7, 11) is 0. The fraction of sp³-hybridized carbons (Fsp3) is 0.700. The minimum atomic E-state index is -0.877. The van der Waals surface area contributed by atoms with Crippen molar-refractivity contribution in [3.05, 3.63) is 0 Å². The van der Waals surface area contributed by atoms with E-state index in [0.717, 1.165) is 0 Å². The third-order valence-corrected chi connectivity index (χ3v) is 3.21. The van der Waals surface area contributed by atoms with Gasteiger partial charge < -0.3 is 10.8 Å². The lowest BCUT2D eigenvalue weighted by atomic mass is 9.86. The van der Waals surface area contributed by atoms with Crippen LogP contribution in [-0.4, -0.2) is 47.0 Å². The molecule has 7 heteroatoms. The van der Waals surface area contributed by atoms with Gasteiger partial charge in [0.05, 0.1) is 12.0 Å². The zero-order chi connectivity index (χ0) is 13.2. The molecule has 0 aromatic rings. The summed E-state index contributed by atoms with van der Waals surface area (Å²) in [6, 6.07) is -1.35. The van der Waals surface area contributed by atoms with Gasteiger partial charge in [-0.25, -0.2) is 4.79 Å². The molecule has 2 unspecified atom stereocenters. The van der Waals surface area contributed by atoms with Crippen LogP contribution in [0.5, 0.6) is 0 Å². The summed E-state index contributed by atoms with van der Waals surface area (Å²) in [4.78, 5) is 34.5. The highest BCUT2D eigenvalue weighted by atomic mass is 16.4. The highest BCUT2D eigenvalue weighted by Gasteiger charge is 2.38. The van der Waals surface area contributed by atoms with E-state index in [4.69, 9.17) is 10.8 Å². The molecule has 4 N–H and O–H groups in total. The molecule has 0 saturated carbocycles. The Morgan fingerprint density at radius 1 is 1.35 bits per heavy atom. The van der Waals surface area contributed by atoms with Crippen molar-refractivity contribution in [2.24, 2.45) is 17.6 Å². The van der Waals surface area contributed by atoms with E-state index in [2.05, 4.69) is 0 Å². The highest BCUT2D eigenvalue weighted by molar-refractivity contribution is 5.96. The minimum Gasteiger partial charge on any atom is -0.481 e. The topological polar surface area (TPSA) is 113 Å². The molecule has 0 aromatic carbocycles. The zero-order valence-corrected chi connectivity index (χ0v) is 9.84. The average molecular weight is 243 g/mol. The first-order valence-electron chi connectivity index (χ1n) is 5.40. The monoisotopic (exact) mass is 243 g/mol. The molecular formula is C10H17N3O4. The molecule has 0 spiro atoms. The largest absolute Gasteiger partial charge is 0.481 e. The molecule has 1 aliphatic rings. The number of nitrogens with one attached hydrogen (secondary N) is 1. The molecule has 0 aliphatic carbocycles. The molecule has 1 rings (SSSR count). The number of amides is 3. The van der Waals surface area contributed by atoms with E-state index in [1.54, 1.807) is 13.8 Å². The summed E-state index contributed by atoms with van der Waals surface area (Å²) in [5.41, 5.74) is 4.84. The number of urea groups is 1. The fourth-order valence-corrected chi connectivity index (χ4v) is 1.77. The number of nitrogens with two attached hydrogens (primary N) is 1. The Kier molecular flexibility index (Phi) is 4.06. The van der Waals surface area contributed by atoms with Crippen molar-refractivity contribution >= 4 is 17.9 Å². The van der Waals surface area contributed by atoms with E-state index >= 15 is 0 Å². The number of aliphatic carboxylic acids is 1. The molecule has 1 saturated heterocycles. The number of carboxylic acids is 1. The van der Waals surface area contributed by atoms with Gasteiger partial charge in [-0.3, -0.25) is 19.8 Å². The standard InChI is InChI=1S/C10H17N3O4/c1-5(9(15)16)7-3-13(4-7)6(2)8(14)12-10(11)17/h5-7H,3-4H2,1-2H3,(H,15,16)(H3,11,12,14,17).